The molecule has 0 aromatic carbocycles. The van der Waals surface area contributed by atoms with E-state index in [0.29, 0.717) is 6.04 Å². The van der Waals surface area contributed by atoms with Crippen LogP contribution in [0.2, 0.25) is 0 Å². The van der Waals surface area contributed by atoms with E-state index in [2.05, 4.69) is 30.7 Å². The summed E-state index contributed by atoms with van der Waals surface area (Å²) < 4.78 is 0. The molecule has 0 heterocycles. The Labute approximate surface area is 82.1 Å². The Morgan fingerprint density at radius 3 is 2.38 bits per heavy atom. The number of likely N-dealkylation sites (N-methyl/N-ethyl adjacent to an activating group) is 1. The van der Waals surface area contributed by atoms with Crippen molar-refractivity contribution in [2.45, 2.75) is 32.7 Å². The van der Waals surface area contributed by atoms with E-state index >= 15 is 0 Å². The van der Waals surface area contributed by atoms with Gasteiger partial charge in [-0.3, -0.25) is 0 Å². The molecule has 2 nitrogen and oxygen atoms in total. The second kappa shape index (κ2) is 6.72. The van der Waals surface area contributed by atoms with E-state index in [1.54, 1.807) is 0 Å². The van der Waals surface area contributed by atoms with Crippen LogP contribution in [0.5, 0.6) is 0 Å². The molecular formula is C11H22N2. The third-order valence-electron chi connectivity index (χ3n) is 2.00. The number of hydrogen-bond donors (Lipinski definition) is 2. The summed E-state index contributed by atoms with van der Waals surface area (Å²) in [6.07, 6.45) is 2.02. The van der Waals surface area contributed by atoms with Crippen LogP contribution in [0.4, 0.5) is 0 Å². The van der Waals surface area contributed by atoms with Gasteiger partial charge in [0.05, 0.1) is 0 Å². The summed E-state index contributed by atoms with van der Waals surface area (Å²) in [5, 5.41) is 6.45. The lowest BCUT2D eigenvalue weighted by Gasteiger charge is -2.14. The summed E-state index contributed by atoms with van der Waals surface area (Å²) in [7, 11) is 1.96. The van der Waals surface area contributed by atoms with Crippen LogP contribution in [0.25, 0.3) is 0 Å². The molecule has 0 aromatic rings. The Hall–Kier alpha value is -0.760. The SMILES string of the molecule is C=C(C)CCC(=C)NCC(C)NC. The van der Waals surface area contributed by atoms with Crippen LogP contribution in [0.3, 0.4) is 0 Å². The van der Waals surface area contributed by atoms with Crippen LogP contribution in [0, 0.1) is 0 Å². The molecule has 0 rings (SSSR count). The van der Waals surface area contributed by atoms with E-state index in [1.165, 1.54) is 5.57 Å². The number of nitrogens with one attached hydrogen (secondary N) is 2. The Morgan fingerprint density at radius 2 is 1.92 bits per heavy atom. The molecular weight excluding hydrogens is 160 g/mol. The maximum absolute atomic E-state index is 3.95. The lowest BCUT2D eigenvalue weighted by Crippen LogP contribution is -2.33. The van der Waals surface area contributed by atoms with E-state index in [0.717, 1.165) is 25.1 Å². The summed E-state index contributed by atoms with van der Waals surface area (Å²) in [4.78, 5) is 0. The highest BCUT2D eigenvalue weighted by atomic mass is 15.0. The van der Waals surface area contributed by atoms with Gasteiger partial charge in [-0.2, -0.15) is 0 Å². The van der Waals surface area contributed by atoms with E-state index in [9.17, 15) is 0 Å². The van der Waals surface area contributed by atoms with Crippen LogP contribution in [0.1, 0.15) is 26.7 Å². The highest BCUT2D eigenvalue weighted by Gasteiger charge is 1.98. The smallest absolute Gasteiger partial charge is 0.0295 e. The quantitative estimate of drug-likeness (QED) is 0.589. The zero-order valence-electron chi connectivity index (χ0n) is 9.11. The van der Waals surface area contributed by atoms with E-state index in [4.69, 9.17) is 0 Å². The normalized spacial score (nSPS) is 12.2. The van der Waals surface area contributed by atoms with Gasteiger partial charge in [-0.15, -0.1) is 6.58 Å². The fourth-order valence-corrected chi connectivity index (χ4v) is 0.852. The van der Waals surface area contributed by atoms with Gasteiger partial charge in [-0.05, 0) is 33.7 Å². The Kier molecular flexibility index (Phi) is 6.33. The van der Waals surface area contributed by atoms with Crippen LogP contribution >= 0.6 is 0 Å². The fraction of sp³-hybridized carbons (Fsp3) is 0.636. The van der Waals surface area contributed by atoms with Crippen LogP contribution in [0.15, 0.2) is 24.4 Å². The van der Waals surface area contributed by atoms with E-state index in [-0.39, 0.29) is 0 Å². The van der Waals surface area contributed by atoms with E-state index < -0.39 is 0 Å². The molecule has 0 radical (unpaired) electrons. The maximum Gasteiger partial charge on any atom is 0.0295 e. The zero-order valence-corrected chi connectivity index (χ0v) is 9.11. The minimum Gasteiger partial charge on any atom is -0.387 e. The maximum atomic E-state index is 3.95. The average molecular weight is 182 g/mol. The van der Waals surface area contributed by atoms with Crippen molar-refractivity contribution in [1.82, 2.24) is 10.6 Å². The van der Waals surface area contributed by atoms with Gasteiger partial charge in [0.15, 0.2) is 0 Å². The molecule has 0 saturated heterocycles. The first-order valence-electron chi connectivity index (χ1n) is 4.79. The van der Waals surface area contributed by atoms with E-state index in [1.807, 2.05) is 14.0 Å². The molecule has 1 atom stereocenters. The monoisotopic (exact) mass is 182 g/mol. The molecule has 0 aromatic heterocycles. The van der Waals surface area contributed by atoms with Crippen molar-refractivity contribution in [3.63, 3.8) is 0 Å². The molecule has 0 amide bonds. The molecule has 0 aliphatic heterocycles. The van der Waals surface area contributed by atoms with Gasteiger partial charge in [0, 0.05) is 18.3 Å². The number of rotatable bonds is 7. The molecule has 0 fully saturated rings. The minimum absolute atomic E-state index is 0.488. The van der Waals surface area contributed by atoms with Crippen molar-refractivity contribution < 1.29 is 0 Å². The zero-order chi connectivity index (χ0) is 10.3. The minimum atomic E-state index is 0.488. The molecule has 0 aliphatic carbocycles. The standard InChI is InChI=1S/C11H22N2/c1-9(2)6-7-10(3)13-8-11(4)12-5/h11-13H,1,3,6-8H2,2,4-5H3. The first-order chi connectivity index (χ1) is 6.06. The molecule has 0 spiro atoms. The molecule has 2 N–H and O–H groups in total. The Balaban J connectivity index is 3.46. The lowest BCUT2D eigenvalue weighted by atomic mass is 10.1. The number of hydrogen-bond acceptors (Lipinski definition) is 2. The largest absolute Gasteiger partial charge is 0.387 e. The van der Waals surface area contributed by atoms with Crippen molar-refractivity contribution in [2.75, 3.05) is 13.6 Å². The summed E-state index contributed by atoms with van der Waals surface area (Å²) in [5.41, 5.74) is 2.31. The van der Waals surface area contributed by atoms with Gasteiger partial charge in [-0.25, -0.2) is 0 Å². The van der Waals surface area contributed by atoms with Crippen LogP contribution < -0.4 is 10.6 Å². The van der Waals surface area contributed by atoms with Crippen LogP contribution in [-0.2, 0) is 0 Å². The third kappa shape index (κ3) is 7.60. The van der Waals surface area contributed by atoms with Gasteiger partial charge in [0.25, 0.3) is 0 Å². The van der Waals surface area contributed by atoms with Crippen molar-refractivity contribution in [3.05, 3.63) is 24.4 Å². The van der Waals surface area contributed by atoms with Gasteiger partial charge < -0.3 is 10.6 Å². The predicted molar refractivity (Wildman–Crippen MR) is 59.7 cm³/mol. The Morgan fingerprint density at radius 1 is 1.31 bits per heavy atom. The molecule has 13 heavy (non-hydrogen) atoms. The number of allylic oxidation sites excluding steroid dienone is 2. The lowest BCUT2D eigenvalue weighted by molar-refractivity contribution is 0.567. The molecule has 76 valence electrons. The fourth-order valence-electron chi connectivity index (χ4n) is 0.852. The average Bonchev–Trinajstić information content (AvgIpc) is 2.10. The third-order valence-corrected chi connectivity index (χ3v) is 2.00. The molecule has 2 heteroatoms. The highest BCUT2D eigenvalue weighted by molar-refractivity contribution is 4.98. The van der Waals surface area contributed by atoms with Crippen molar-refractivity contribution in [2.24, 2.45) is 0 Å². The summed E-state index contributed by atoms with van der Waals surface area (Å²) in [6.45, 7) is 12.9. The topological polar surface area (TPSA) is 24.1 Å². The summed E-state index contributed by atoms with van der Waals surface area (Å²) in [5.74, 6) is 0. The van der Waals surface area contributed by atoms with Crippen molar-refractivity contribution in [3.8, 4) is 0 Å². The predicted octanol–water partition coefficient (Wildman–Crippen LogP) is 2.05. The summed E-state index contributed by atoms with van der Waals surface area (Å²) in [6, 6.07) is 0.488. The molecule has 1 unspecified atom stereocenters. The summed E-state index contributed by atoms with van der Waals surface area (Å²) >= 11 is 0. The Bertz CT molecular complexity index is 173. The van der Waals surface area contributed by atoms with Crippen molar-refractivity contribution >= 4 is 0 Å². The van der Waals surface area contributed by atoms with Gasteiger partial charge >= 0.3 is 0 Å². The second-order valence-corrected chi connectivity index (χ2v) is 3.63. The first kappa shape index (κ1) is 12.2. The second-order valence-electron chi connectivity index (χ2n) is 3.63. The van der Waals surface area contributed by atoms with Gasteiger partial charge in [0.1, 0.15) is 0 Å². The molecule has 0 bridgehead atoms. The van der Waals surface area contributed by atoms with Gasteiger partial charge in [0.2, 0.25) is 0 Å². The van der Waals surface area contributed by atoms with Gasteiger partial charge in [-0.1, -0.05) is 12.2 Å². The molecule has 0 saturated carbocycles. The first-order valence-corrected chi connectivity index (χ1v) is 4.79. The van der Waals surface area contributed by atoms with Crippen LogP contribution in [-0.4, -0.2) is 19.6 Å². The van der Waals surface area contributed by atoms with Crippen molar-refractivity contribution in [1.29, 1.82) is 0 Å². The molecule has 0 aliphatic rings. The highest BCUT2D eigenvalue weighted by Crippen LogP contribution is 2.05.